The lowest BCUT2D eigenvalue weighted by Crippen LogP contribution is -2.30. The minimum atomic E-state index is 0.799. The summed E-state index contributed by atoms with van der Waals surface area (Å²) >= 11 is 5.94. The van der Waals surface area contributed by atoms with E-state index in [1.807, 2.05) is 12.1 Å². The van der Waals surface area contributed by atoms with Crippen LogP contribution in [-0.2, 0) is 12.8 Å². The monoisotopic (exact) mass is 413 g/mol. The number of halogens is 1. The molecule has 0 N–H and O–H groups in total. The minimum absolute atomic E-state index is 0.799. The fourth-order valence-corrected chi connectivity index (χ4v) is 4.16. The Kier molecular flexibility index (Phi) is 9.89. The van der Waals surface area contributed by atoms with E-state index >= 15 is 0 Å². The number of piperidine rings is 1. The van der Waals surface area contributed by atoms with Gasteiger partial charge in [-0.15, -0.1) is 0 Å². The summed E-state index contributed by atoms with van der Waals surface area (Å²) in [6.07, 6.45) is 12.8. The van der Waals surface area contributed by atoms with Gasteiger partial charge in [-0.2, -0.15) is 0 Å². The summed E-state index contributed by atoms with van der Waals surface area (Å²) in [4.78, 5) is 2.64. The first-order valence-electron chi connectivity index (χ1n) is 11.5. The van der Waals surface area contributed by atoms with Gasteiger partial charge in [0.2, 0.25) is 0 Å². The molecule has 0 aromatic heterocycles. The van der Waals surface area contributed by atoms with Gasteiger partial charge in [0, 0.05) is 5.02 Å². The molecule has 2 aromatic rings. The van der Waals surface area contributed by atoms with Crippen LogP contribution in [0.5, 0.6) is 5.75 Å². The third-order valence-electron chi connectivity index (χ3n) is 5.88. The standard InChI is InChI=1S/C26H36ClNO/c27-25-15-11-23(12-16-25)9-10-24-13-17-26(18-14-24)29-22-8-3-1-2-5-19-28-20-6-4-7-21-28/h11-18H,1-10,19-22H2. The van der Waals surface area contributed by atoms with E-state index in [1.54, 1.807) is 0 Å². The highest BCUT2D eigenvalue weighted by Gasteiger charge is 2.08. The molecule has 1 saturated heterocycles. The minimum Gasteiger partial charge on any atom is -0.494 e. The van der Waals surface area contributed by atoms with Crippen molar-refractivity contribution in [2.75, 3.05) is 26.2 Å². The molecule has 0 aliphatic carbocycles. The van der Waals surface area contributed by atoms with Gasteiger partial charge >= 0.3 is 0 Å². The smallest absolute Gasteiger partial charge is 0.119 e. The number of benzene rings is 2. The maximum Gasteiger partial charge on any atom is 0.119 e. The van der Waals surface area contributed by atoms with Crippen LogP contribution < -0.4 is 4.74 Å². The average molecular weight is 414 g/mol. The zero-order valence-electron chi connectivity index (χ0n) is 17.8. The number of rotatable bonds is 12. The van der Waals surface area contributed by atoms with Gasteiger partial charge in [-0.05, 0) is 93.6 Å². The van der Waals surface area contributed by atoms with Crippen LogP contribution in [0, 0.1) is 0 Å². The molecule has 1 fully saturated rings. The quantitative estimate of drug-likeness (QED) is 0.349. The van der Waals surface area contributed by atoms with Crippen molar-refractivity contribution in [3.8, 4) is 5.75 Å². The topological polar surface area (TPSA) is 12.5 Å². The molecule has 2 nitrogen and oxygen atoms in total. The van der Waals surface area contributed by atoms with Gasteiger partial charge in [0.25, 0.3) is 0 Å². The molecule has 1 heterocycles. The molecule has 1 aliphatic rings. The van der Waals surface area contributed by atoms with E-state index in [1.165, 1.54) is 75.7 Å². The molecule has 158 valence electrons. The second-order valence-corrected chi connectivity index (χ2v) is 8.73. The zero-order valence-corrected chi connectivity index (χ0v) is 18.5. The largest absolute Gasteiger partial charge is 0.494 e. The fourth-order valence-electron chi connectivity index (χ4n) is 4.03. The van der Waals surface area contributed by atoms with Crippen molar-refractivity contribution in [3.05, 3.63) is 64.7 Å². The molecule has 0 radical (unpaired) electrons. The van der Waals surface area contributed by atoms with Gasteiger partial charge < -0.3 is 9.64 Å². The number of aryl methyl sites for hydroxylation is 2. The van der Waals surface area contributed by atoms with Crippen LogP contribution >= 0.6 is 11.6 Å². The van der Waals surface area contributed by atoms with E-state index in [0.29, 0.717) is 0 Å². The zero-order chi connectivity index (χ0) is 20.2. The van der Waals surface area contributed by atoms with Gasteiger partial charge in [-0.3, -0.25) is 0 Å². The molecule has 0 saturated carbocycles. The normalized spacial score (nSPS) is 14.8. The first-order chi connectivity index (χ1) is 14.3. The number of hydrogen-bond donors (Lipinski definition) is 0. The summed E-state index contributed by atoms with van der Waals surface area (Å²) < 4.78 is 5.92. The maximum atomic E-state index is 5.94. The fraction of sp³-hybridized carbons (Fsp3) is 0.538. The van der Waals surface area contributed by atoms with Gasteiger partial charge in [0.05, 0.1) is 6.61 Å². The molecular weight excluding hydrogens is 378 g/mol. The number of nitrogens with zero attached hydrogens (tertiary/aromatic N) is 1. The van der Waals surface area contributed by atoms with Crippen LogP contribution in [0.25, 0.3) is 0 Å². The van der Waals surface area contributed by atoms with E-state index in [9.17, 15) is 0 Å². The summed E-state index contributed by atoms with van der Waals surface area (Å²) in [5.74, 6) is 0.991. The van der Waals surface area contributed by atoms with Gasteiger partial charge in [-0.1, -0.05) is 61.5 Å². The Bertz CT molecular complexity index is 677. The molecule has 0 spiro atoms. The number of hydrogen-bond acceptors (Lipinski definition) is 2. The van der Waals surface area contributed by atoms with Gasteiger partial charge in [-0.25, -0.2) is 0 Å². The van der Waals surface area contributed by atoms with E-state index in [2.05, 4.69) is 41.3 Å². The summed E-state index contributed by atoms with van der Waals surface area (Å²) in [6, 6.07) is 16.7. The van der Waals surface area contributed by atoms with Crippen LogP contribution in [0.3, 0.4) is 0 Å². The lowest BCUT2D eigenvalue weighted by Gasteiger charge is -2.26. The molecule has 1 aliphatic heterocycles. The Morgan fingerprint density at radius 2 is 1.28 bits per heavy atom. The van der Waals surface area contributed by atoms with Crippen molar-refractivity contribution in [2.24, 2.45) is 0 Å². The number of likely N-dealkylation sites (tertiary alicyclic amines) is 1. The molecule has 29 heavy (non-hydrogen) atoms. The third kappa shape index (κ3) is 8.80. The Labute approximate surface area is 182 Å². The van der Waals surface area contributed by atoms with Crippen LogP contribution in [0.1, 0.15) is 62.5 Å². The van der Waals surface area contributed by atoms with E-state index < -0.39 is 0 Å². The molecule has 3 heteroatoms. The van der Waals surface area contributed by atoms with Gasteiger partial charge in [0.15, 0.2) is 0 Å². The Morgan fingerprint density at radius 1 is 0.690 bits per heavy atom. The average Bonchev–Trinajstić information content (AvgIpc) is 2.77. The predicted octanol–water partition coefficient (Wildman–Crippen LogP) is 6.94. The highest BCUT2D eigenvalue weighted by molar-refractivity contribution is 6.30. The second-order valence-electron chi connectivity index (χ2n) is 8.29. The lowest BCUT2D eigenvalue weighted by molar-refractivity contribution is 0.223. The van der Waals surface area contributed by atoms with Crippen LogP contribution in [0.2, 0.25) is 5.02 Å². The SMILES string of the molecule is Clc1ccc(CCc2ccc(OCCCCCCCN3CCCCC3)cc2)cc1. The van der Waals surface area contributed by atoms with E-state index in [0.717, 1.165) is 36.6 Å². The second kappa shape index (κ2) is 12.9. The molecule has 0 atom stereocenters. The van der Waals surface area contributed by atoms with Crippen molar-refractivity contribution >= 4 is 11.6 Å². The molecule has 0 unspecified atom stereocenters. The third-order valence-corrected chi connectivity index (χ3v) is 6.13. The first-order valence-corrected chi connectivity index (χ1v) is 11.9. The molecule has 0 bridgehead atoms. The molecule has 0 amide bonds. The summed E-state index contributed by atoms with van der Waals surface area (Å²) in [7, 11) is 0. The highest BCUT2D eigenvalue weighted by Crippen LogP contribution is 2.16. The van der Waals surface area contributed by atoms with Crippen LogP contribution in [0.15, 0.2) is 48.5 Å². The first kappa shape index (κ1) is 22.2. The van der Waals surface area contributed by atoms with Crippen LogP contribution in [0.4, 0.5) is 0 Å². The Hall–Kier alpha value is -1.51. The number of unbranched alkanes of at least 4 members (excludes halogenated alkanes) is 4. The van der Waals surface area contributed by atoms with Crippen molar-refractivity contribution in [2.45, 2.75) is 64.2 Å². The van der Waals surface area contributed by atoms with Gasteiger partial charge in [0.1, 0.15) is 5.75 Å². The van der Waals surface area contributed by atoms with Crippen molar-refractivity contribution in [3.63, 3.8) is 0 Å². The van der Waals surface area contributed by atoms with Crippen LogP contribution in [-0.4, -0.2) is 31.1 Å². The Balaban J connectivity index is 1.21. The summed E-state index contributed by atoms with van der Waals surface area (Å²) in [5.41, 5.74) is 2.67. The Morgan fingerprint density at radius 3 is 1.97 bits per heavy atom. The van der Waals surface area contributed by atoms with Crippen molar-refractivity contribution in [1.82, 2.24) is 4.90 Å². The van der Waals surface area contributed by atoms with E-state index in [4.69, 9.17) is 16.3 Å². The number of ether oxygens (including phenoxy) is 1. The van der Waals surface area contributed by atoms with Crippen molar-refractivity contribution in [1.29, 1.82) is 0 Å². The summed E-state index contributed by atoms with van der Waals surface area (Å²) in [5, 5.41) is 0.799. The molecule has 2 aromatic carbocycles. The van der Waals surface area contributed by atoms with Crippen molar-refractivity contribution < 1.29 is 4.74 Å². The molecular formula is C26H36ClNO. The summed E-state index contributed by atoms with van der Waals surface area (Å²) in [6.45, 7) is 4.79. The molecule has 3 rings (SSSR count). The van der Waals surface area contributed by atoms with E-state index in [-0.39, 0.29) is 0 Å². The predicted molar refractivity (Wildman–Crippen MR) is 124 cm³/mol. The maximum absolute atomic E-state index is 5.94. The highest BCUT2D eigenvalue weighted by atomic mass is 35.5. The lowest BCUT2D eigenvalue weighted by atomic mass is 10.0.